The van der Waals surface area contributed by atoms with E-state index in [2.05, 4.69) is 4.72 Å². The third kappa shape index (κ3) is 6.32. The first-order valence-electron chi connectivity index (χ1n) is 7.79. The molecule has 7 heteroatoms. The van der Waals surface area contributed by atoms with Crippen molar-refractivity contribution in [3.05, 3.63) is 0 Å². The molecule has 0 bridgehead atoms. The number of nitrogens with two attached hydrogens (primary N) is 1. The fourth-order valence-corrected chi connectivity index (χ4v) is 4.04. The van der Waals surface area contributed by atoms with E-state index in [1.54, 1.807) is 4.90 Å². The van der Waals surface area contributed by atoms with Crippen molar-refractivity contribution in [3.8, 4) is 0 Å². The van der Waals surface area contributed by atoms with Crippen LogP contribution in [0.3, 0.4) is 0 Å². The Labute approximate surface area is 128 Å². The number of likely N-dealkylation sites (tertiary alicyclic amines) is 1. The molecule has 0 spiro atoms. The lowest BCUT2D eigenvalue weighted by Gasteiger charge is -2.34. The second-order valence-electron chi connectivity index (χ2n) is 6.27. The molecule has 3 N–H and O–H groups in total. The average Bonchev–Trinajstić information content (AvgIpc) is 2.37. The molecule has 1 amide bonds. The van der Waals surface area contributed by atoms with E-state index < -0.39 is 16.1 Å². The zero-order valence-electron chi connectivity index (χ0n) is 13.3. The Balaban J connectivity index is 2.43. The predicted molar refractivity (Wildman–Crippen MR) is 84.2 cm³/mol. The van der Waals surface area contributed by atoms with Gasteiger partial charge in [0.05, 0.1) is 11.8 Å². The lowest BCUT2D eigenvalue weighted by atomic mass is 10.0. The van der Waals surface area contributed by atoms with E-state index in [1.165, 1.54) is 0 Å². The van der Waals surface area contributed by atoms with Gasteiger partial charge in [-0.1, -0.05) is 20.8 Å². The van der Waals surface area contributed by atoms with Crippen molar-refractivity contribution in [2.75, 3.05) is 18.8 Å². The first kappa shape index (κ1) is 18.4. The van der Waals surface area contributed by atoms with Gasteiger partial charge in [0.25, 0.3) is 0 Å². The quantitative estimate of drug-likeness (QED) is 0.722. The standard InChI is InChI=1S/C14H29N3O3S/c1-4-9-21(19,20)16-12-5-7-17(8-6-12)14(18)13(15)10-11(2)3/h11-13,16H,4-10,15H2,1-3H3/t13-/m0/s1. The van der Waals surface area contributed by atoms with E-state index in [1.807, 2.05) is 20.8 Å². The van der Waals surface area contributed by atoms with E-state index >= 15 is 0 Å². The van der Waals surface area contributed by atoms with Gasteiger partial charge in [0.15, 0.2) is 0 Å². The summed E-state index contributed by atoms with van der Waals surface area (Å²) >= 11 is 0. The van der Waals surface area contributed by atoms with Crippen LogP contribution in [0.1, 0.15) is 46.5 Å². The Morgan fingerprint density at radius 3 is 2.38 bits per heavy atom. The molecule has 0 aromatic heterocycles. The monoisotopic (exact) mass is 319 g/mol. The molecular weight excluding hydrogens is 290 g/mol. The Bertz CT molecular complexity index is 429. The van der Waals surface area contributed by atoms with Crippen molar-refractivity contribution in [3.63, 3.8) is 0 Å². The first-order chi connectivity index (χ1) is 9.75. The third-order valence-electron chi connectivity index (χ3n) is 3.67. The van der Waals surface area contributed by atoms with Crippen LogP contribution in [0.2, 0.25) is 0 Å². The maximum atomic E-state index is 12.2. The molecule has 1 atom stereocenters. The van der Waals surface area contributed by atoms with E-state index in [0.717, 1.165) is 0 Å². The zero-order valence-corrected chi connectivity index (χ0v) is 14.2. The predicted octanol–water partition coefficient (Wildman–Crippen LogP) is 0.680. The maximum absolute atomic E-state index is 12.2. The molecule has 1 aliphatic rings. The summed E-state index contributed by atoms with van der Waals surface area (Å²) in [4.78, 5) is 14.0. The van der Waals surface area contributed by atoms with Crippen LogP contribution in [0, 0.1) is 5.92 Å². The molecule has 0 saturated carbocycles. The number of hydrogen-bond donors (Lipinski definition) is 2. The largest absolute Gasteiger partial charge is 0.341 e. The van der Waals surface area contributed by atoms with Crippen LogP contribution < -0.4 is 10.5 Å². The van der Waals surface area contributed by atoms with Crippen LogP contribution >= 0.6 is 0 Å². The number of nitrogens with zero attached hydrogens (tertiary/aromatic N) is 1. The first-order valence-corrected chi connectivity index (χ1v) is 9.44. The summed E-state index contributed by atoms with van der Waals surface area (Å²) in [6.45, 7) is 7.08. The summed E-state index contributed by atoms with van der Waals surface area (Å²) < 4.78 is 26.2. The van der Waals surface area contributed by atoms with Crippen molar-refractivity contribution >= 4 is 15.9 Å². The van der Waals surface area contributed by atoms with Gasteiger partial charge in [-0.05, 0) is 31.6 Å². The zero-order chi connectivity index (χ0) is 16.0. The van der Waals surface area contributed by atoms with Crippen molar-refractivity contribution in [1.82, 2.24) is 9.62 Å². The summed E-state index contributed by atoms with van der Waals surface area (Å²) in [6.07, 6.45) is 2.60. The summed E-state index contributed by atoms with van der Waals surface area (Å²) in [5.74, 6) is 0.534. The number of nitrogens with one attached hydrogen (secondary N) is 1. The third-order valence-corrected chi connectivity index (χ3v) is 5.31. The van der Waals surface area contributed by atoms with Crippen molar-refractivity contribution in [2.24, 2.45) is 11.7 Å². The molecule has 21 heavy (non-hydrogen) atoms. The molecule has 124 valence electrons. The number of rotatable bonds is 7. The number of carbonyl (C=O) groups excluding carboxylic acids is 1. The Hall–Kier alpha value is -0.660. The van der Waals surface area contributed by atoms with Crippen LogP contribution in [0.15, 0.2) is 0 Å². The van der Waals surface area contributed by atoms with Gasteiger partial charge in [0.2, 0.25) is 15.9 Å². The van der Waals surface area contributed by atoms with Crippen LogP contribution in [0.5, 0.6) is 0 Å². The number of piperidine rings is 1. The Morgan fingerprint density at radius 1 is 1.33 bits per heavy atom. The lowest BCUT2D eigenvalue weighted by molar-refractivity contribution is -0.134. The highest BCUT2D eigenvalue weighted by Crippen LogP contribution is 2.14. The molecule has 0 aliphatic carbocycles. The van der Waals surface area contributed by atoms with Gasteiger partial charge in [-0.3, -0.25) is 4.79 Å². The topological polar surface area (TPSA) is 92.5 Å². The second kappa shape index (κ2) is 8.10. The number of carbonyl (C=O) groups is 1. The van der Waals surface area contributed by atoms with Gasteiger partial charge >= 0.3 is 0 Å². The smallest absolute Gasteiger partial charge is 0.239 e. The highest BCUT2D eigenvalue weighted by Gasteiger charge is 2.28. The van der Waals surface area contributed by atoms with Crippen molar-refractivity contribution < 1.29 is 13.2 Å². The highest BCUT2D eigenvalue weighted by molar-refractivity contribution is 7.89. The Kier molecular flexibility index (Phi) is 7.09. The van der Waals surface area contributed by atoms with E-state index in [-0.39, 0.29) is 17.7 Å². The number of amides is 1. The van der Waals surface area contributed by atoms with E-state index in [0.29, 0.717) is 44.7 Å². The van der Waals surface area contributed by atoms with E-state index in [9.17, 15) is 13.2 Å². The summed E-state index contributed by atoms with van der Waals surface area (Å²) in [5.41, 5.74) is 5.92. The van der Waals surface area contributed by atoms with Crippen molar-refractivity contribution in [1.29, 1.82) is 0 Å². The molecule has 0 unspecified atom stereocenters. The van der Waals surface area contributed by atoms with Gasteiger partial charge in [-0.15, -0.1) is 0 Å². The molecule has 0 radical (unpaired) electrons. The van der Waals surface area contributed by atoms with Gasteiger partial charge in [-0.25, -0.2) is 13.1 Å². The number of hydrogen-bond acceptors (Lipinski definition) is 4. The van der Waals surface area contributed by atoms with Gasteiger partial charge in [0.1, 0.15) is 0 Å². The fraction of sp³-hybridized carbons (Fsp3) is 0.929. The highest BCUT2D eigenvalue weighted by atomic mass is 32.2. The molecule has 1 rings (SSSR count). The van der Waals surface area contributed by atoms with Crippen LogP contribution in [0.25, 0.3) is 0 Å². The molecule has 0 aromatic carbocycles. The minimum Gasteiger partial charge on any atom is -0.341 e. The van der Waals surface area contributed by atoms with Crippen LogP contribution in [-0.4, -0.2) is 50.2 Å². The molecule has 6 nitrogen and oxygen atoms in total. The normalized spacial score (nSPS) is 19.0. The molecule has 1 aliphatic heterocycles. The second-order valence-corrected chi connectivity index (χ2v) is 8.15. The molecule has 0 aromatic rings. The minimum absolute atomic E-state index is 0.0152. The SMILES string of the molecule is CCCS(=O)(=O)NC1CCN(C(=O)[C@@H](N)CC(C)C)CC1. The molecular formula is C14H29N3O3S. The average molecular weight is 319 g/mol. The summed E-state index contributed by atoms with van der Waals surface area (Å²) in [5, 5.41) is 0. The lowest BCUT2D eigenvalue weighted by Crippen LogP contribution is -2.51. The van der Waals surface area contributed by atoms with Crippen LogP contribution in [-0.2, 0) is 14.8 Å². The van der Waals surface area contributed by atoms with Gasteiger partial charge in [-0.2, -0.15) is 0 Å². The number of sulfonamides is 1. The molecule has 1 fully saturated rings. The Morgan fingerprint density at radius 2 is 1.90 bits per heavy atom. The van der Waals surface area contributed by atoms with Gasteiger partial charge < -0.3 is 10.6 Å². The van der Waals surface area contributed by atoms with Crippen molar-refractivity contribution in [2.45, 2.75) is 58.5 Å². The molecule has 1 heterocycles. The van der Waals surface area contributed by atoms with Gasteiger partial charge in [0, 0.05) is 19.1 Å². The van der Waals surface area contributed by atoms with E-state index in [4.69, 9.17) is 5.73 Å². The summed E-state index contributed by atoms with van der Waals surface area (Å²) in [7, 11) is -3.18. The van der Waals surface area contributed by atoms with Crippen LogP contribution in [0.4, 0.5) is 0 Å². The molecule has 1 saturated heterocycles. The fourth-order valence-electron chi connectivity index (χ4n) is 2.64. The minimum atomic E-state index is -3.18. The summed E-state index contributed by atoms with van der Waals surface area (Å²) in [6, 6.07) is -0.509. The maximum Gasteiger partial charge on any atom is 0.239 e.